The molecule has 0 amide bonds. The molecule has 1 N–H and O–H groups in total. The van der Waals surface area contributed by atoms with Crippen LogP contribution in [0.4, 0.5) is 0 Å². The molecule has 102 valence electrons. The molecule has 3 nitrogen and oxygen atoms in total. The van der Waals surface area contributed by atoms with Gasteiger partial charge in [-0.05, 0) is 34.1 Å². The van der Waals surface area contributed by atoms with Crippen LogP contribution in [-0.2, 0) is 9.53 Å². The monoisotopic (exact) mass is 244 g/mol. The molecule has 0 heterocycles. The largest absolute Gasteiger partial charge is 0.460 e. The fraction of sp³-hybridized carbons (Fsp3) is 0.929. The van der Waals surface area contributed by atoms with Gasteiger partial charge in [0, 0.05) is 0 Å². The van der Waals surface area contributed by atoms with Crippen LogP contribution in [0.15, 0.2) is 0 Å². The Labute approximate surface area is 106 Å². The van der Waals surface area contributed by atoms with Crippen LogP contribution in [-0.4, -0.2) is 22.8 Å². The standard InChI is InChI=1S/C14H28O3/c1-6-7-8-9-10-12(15)11(2)13(16)17-14(3,4)5/h11-12,15H,6-10H2,1-5H3/t11-,12-/m0/s1. The van der Waals surface area contributed by atoms with E-state index in [1.54, 1.807) is 6.92 Å². The number of rotatable bonds is 7. The third kappa shape index (κ3) is 8.19. The summed E-state index contributed by atoms with van der Waals surface area (Å²) in [5.41, 5.74) is -0.479. The first-order valence-corrected chi connectivity index (χ1v) is 6.69. The maximum Gasteiger partial charge on any atom is 0.311 e. The maximum atomic E-state index is 11.7. The zero-order valence-electron chi connectivity index (χ0n) is 12.0. The van der Waals surface area contributed by atoms with Crippen LogP contribution in [0.2, 0.25) is 0 Å². The average molecular weight is 244 g/mol. The number of esters is 1. The molecule has 0 bridgehead atoms. The molecular formula is C14H28O3. The first kappa shape index (κ1) is 16.4. The third-order valence-electron chi connectivity index (χ3n) is 2.71. The first-order valence-electron chi connectivity index (χ1n) is 6.69. The smallest absolute Gasteiger partial charge is 0.311 e. The highest BCUT2D eigenvalue weighted by molar-refractivity contribution is 5.73. The van der Waals surface area contributed by atoms with Gasteiger partial charge in [-0.1, -0.05) is 32.6 Å². The Bertz CT molecular complexity index is 218. The van der Waals surface area contributed by atoms with Gasteiger partial charge in [0.05, 0.1) is 12.0 Å². The fourth-order valence-electron chi connectivity index (χ4n) is 1.58. The Morgan fingerprint density at radius 2 is 1.82 bits per heavy atom. The third-order valence-corrected chi connectivity index (χ3v) is 2.71. The predicted octanol–water partition coefficient (Wildman–Crippen LogP) is 3.30. The topological polar surface area (TPSA) is 46.5 Å². The minimum Gasteiger partial charge on any atom is -0.460 e. The van der Waals surface area contributed by atoms with Gasteiger partial charge in [0.15, 0.2) is 0 Å². The molecule has 0 unspecified atom stereocenters. The Hall–Kier alpha value is -0.570. The molecule has 0 aromatic heterocycles. The van der Waals surface area contributed by atoms with E-state index in [1.165, 1.54) is 12.8 Å². The zero-order valence-corrected chi connectivity index (χ0v) is 12.0. The maximum absolute atomic E-state index is 11.7. The van der Waals surface area contributed by atoms with Gasteiger partial charge in [-0.15, -0.1) is 0 Å². The van der Waals surface area contributed by atoms with E-state index in [1.807, 2.05) is 20.8 Å². The molecule has 0 saturated heterocycles. The molecule has 0 aromatic rings. The van der Waals surface area contributed by atoms with Crippen LogP contribution < -0.4 is 0 Å². The average Bonchev–Trinajstić information content (AvgIpc) is 2.20. The van der Waals surface area contributed by atoms with Crippen molar-refractivity contribution < 1.29 is 14.6 Å². The normalized spacial score (nSPS) is 15.4. The van der Waals surface area contributed by atoms with Gasteiger partial charge in [0.2, 0.25) is 0 Å². The van der Waals surface area contributed by atoms with E-state index >= 15 is 0 Å². The summed E-state index contributed by atoms with van der Waals surface area (Å²) in [6.07, 6.45) is 4.56. The SMILES string of the molecule is CCCCCC[C@H](O)[C@H](C)C(=O)OC(C)(C)C. The van der Waals surface area contributed by atoms with Crippen molar-refractivity contribution in [3.8, 4) is 0 Å². The second-order valence-electron chi connectivity index (χ2n) is 5.74. The molecule has 0 aromatic carbocycles. The van der Waals surface area contributed by atoms with Crippen LogP contribution in [0.1, 0.15) is 66.7 Å². The summed E-state index contributed by atoms with van der Waals surface area (Å²) < 4.78 is 5.25. The minimum atomic E-state index is -0.582. The van der Waals surface area contributed by atoms with Gasteiger partial charge in [-0.2, -0.15) is 0 Å². The van der Waals surface area contributed by atoms with Crippen LogP contribution in [0.25, 0.3) is 0 Å². The van der Waals surface area contributed by atoms with Crippen molar-refractivity contribution >= 4 is 5.97 Å². The summed E-state index contributed by atoms with van der Waals surface area (Å²) in [5, 5.41) is 9.88. The van der Waals surface area contributed by atoms with E-state index in [0.29, 0.717) is 6.42 Å². The molecule has 2 atom stereocenters. The van der Waals surface area contributed by atoms with Crippen molar-refractivity contribution in [3.63, 3.8) is 0 Å². The predicted molar refractivity (Wildman–Crippen MR) is 69.8 cm³/mol. The number of aliphatic hydroxyl groups is 1. The highest BCUT2D eigenvalue weighted by Crippen LogP contribution is 2.17. The molecule has 0 aliphatic rings. The number of hydrogen-bond donors (Lipinski definition) is 1. The van der Waals surface area contributed by atoms with E-state index < -0.39 is 17.6 Å². The lowest BCUT2D eigenvalue weighted by atomic mass is 9.98. The van der Waals surface area contributed by atoms with Crippen LogP contribution in [0.3, 0.4) is 0 Å². The van der Waals surface area contributed by atoms with Gasteiger partial charge in [-0.3, -0.25) is 4.79 Å². The van der Waals surface area contributed by atoms with Gasteiger partial charge in [-0.25, -0.2) is 0 Å². The van der Waals surface area contributed by atoms with Crippen molar-refractivity contribution in [2.75, 3.05) is 0 Å². The van der Waals surface area contributed by atoms with Gasteiger partial charge >= 0.3 is 5.97 Å². The number of carbonyl (C=O) groups excluding carboxylic acids is 1. The van der Waals surface area contributed by atoms with Crippen LogP contribution in [0, 0.1) is 5.92 Å². The molecule has 0 aliphatic carbocycles. The molecule has 3 heteroatoms. The molecule has 0 radical (unpaired) electrons. The molecule has 0 aliphatic heterocycles. The lowest BCUT2D eigenvalue weighted by molar-refractivity contribution is -0.163. The second kappa shape index (κ2) is 7.70. The van der Waals surface area contributed by atoms with Crippen molar-refractivity contribution in [1.29, 1.82) is 0 Å². The molecule has 0 saturated carbocycles. The van der Waals surface area contributed by atoms with Crippen LogP contribution in [0.5, 0.6) is 0 Å². The molecule has 0 spiro atoms. The summed E-state index contributed by atoms with van der Waals surface area (Å²) in [4.78, 5) is 11.7. The van der Waals surface area contributed by atoms with E-state index in [2.05, 4.69) is 6.92 Å². The van der Waals surface area contributed by atoms with E-state index in [-0.39, 0.29) is 5.97 Å². The Balaban J connectivity index is 3.95. The van der Waals surface area contributed by atoms with E-state index in [4.69, 9.17) is 4.74 Å². The lowest BCUT2D eigenvalue weighted by Gasteiger charge is -2.24. The second-order valence-corrected chi connectivity index (χ2v) is 5.74. The number of carbonyl (C=O) groups is 1. The summed E-state index contributed by atoms with van der Waals surface area (Å²) in [6, 6.07) is 0. The summed E-state index contributed by atoms with van der Waals surface area (Å²) in [7, 11) is 0. The lowest BCUT2D eigenvalue weighted by Crippen LogP contribution is -2.33. The highest BCUT2D eigenvalue weighted by Gasteiger charge is 2.26. The number of aliphatic hydroxyl groups excluding tert-OH is 1. The Kier molecular flexibility index (Phi) is 7.44. The first-order chi connectivity index (χ1) is 7.78. The summed E-state index contributed by atoms with van der Waals surface area (Å²) in [6.45, 7) is 9.40. The van der Waals surface area contributed by atoms with Crippen LogP contribution >= 0.6 is 0 Å². The van der Waals surface area contributed by atoms with E-state index in [9.17, 15) is 9.90 Å². The molecule has 0 fully saturated rings. The van der Waals surface area contributed by atoms with Gasteiger partial charge in [0.1, 0.15) is 5.60 Å². The summed E-state index contributed by atoms with van der Waals surface area (Å²) in [5.74, 6) is -0.739. The molecule has 17 heavy (non-hydrogen) atoms. The number of hydrogen-bond acceptors (Lipinski definition) is 3. The van der Waals surface area contributed by atoms with Crippen molar-refractivity contribution in [2.45, 2.75) is 78.4 Å². The molecule has 0 rings (SSSR count). The zero-order chi connectivity index (χ0) is 13.5. The van der Waals surface area contributed by atoms with Crippen molar-refractivity contribution in [1.82, 2.24) is 0 Å². The minimum absolute atomic E-state index is 0.305. The molecular weight excluding hydrogens is 216 g/mol. The van der Waals surface area contributed by atoms with Crippen molar-refractivity contribution in [2.24, 2.45) is 5.92 Å². The Morgan fingerprint density at radius 1 is 1.24 bits per heavy atom. The fourth-order valence-corrected chi connectivity index (χ4v) is 1.58. The van der Waals surface area contributed by atoms with Gasteiger partial charge < -0.3 is 9.84 Å². The van der Waals surface area contributed by atoms with Crippen molar-refractivity contribution in [3.05, 3.63) is 0 Å². The van der Waals surface area contributed by atoms with E-state index in [0.717, 1.165) is 12.8 Å². The summed E-state index contributed by atoms with van der Waals surface area (Å²) >= 11 is 0. The Morgan fingerprint density at radius 3 is 2.29 bits per heavy atom. The number of ether oxygens (including phenoxy) is 1. The highest BCUT2D eigenvalue weighted by atomic mass is 16.6. The van der Waals surface area contributed by atoms with Gasteiger partial charge in [0.25, 0.3) is 0 Å². The number of unbranched alkanes of at least 4 members (excludes halogenated alkanes) is 3. The quantitative estimate of drug-likeness (QED) is 0.552.